The van der Waals surface area contributed by atoms with Gasteiger partial charge in [0.1, 0.15) is 5.01 Å². The monoisotopic (exact) mass is 524 g/mol. The first-order valence-corrected chi connectivity index (χ1v) is 12.8. The van der Waals surface area contributed by atoms with Gasteiger partial charge in [-0.15, -0.1) is 11.3 Å². The number of fused-ring (bicyclic) bond motifs is 1. The number of rotatable bonds is 5. The molecule has 0 fully saturated rings. The summed E-state index contributed by atoms with van der Waals surface area (Å²) in [6, 6.07) is 24.3. The summed E-state index contributed by atoms with van der Waals surface area (Å²) in [4.78, 5) is 24.5. The van der Waals surface area contributed by atoms with Gasteiger partial charge in [-0.1, -0.05) is 60.1 Å². The molecule has 1 unspecified atom stereocenters. The van der Waals surface area contributed by atoms with Gasteiger partial charge < -0.3 is 14.7 Å². The summed E-state index contributed by atoms with van der Waals surface area (Å²) < 4.78 is 1.79. The summed E-state index contributed by atoms with van der Waals surface area (Å²) in [5.74, 6) is 0. The van der Waals surface area contributed by atoms with Crippen molar-refractivity contribution in [3.8, 4) is 22.4 Å². The lowest BCUT2D eigenvalue weighted by Crippen LogP contribution is -2.31. The number of pyridine rings is 1. The highest BCUT2D eigenvalue weighted by Crippen LogP contribution is 2.41. The summed E-state index contributed by atoms with van der Waals surface area (Å²) in [5.41, 5.74) is 3.32. The molecule has 0 amide bonds. The minimum atomic E-state index is -1.58. The average molecular weight is 525 g/mol. The van der Waals surface area contributed by atoms with Gasteiger partial charge in [-0.25, -0.2) is 9.97 Å². The third kappa shape index (κ3) is 4.07. The summed E-state index contributed by atoms with van der Waals surface area (Å²) in [6.07, 6.45) is 3.31. The minimum absolute atomic E-state index is 0.218. The summed E-state index contributed by atoms with van der Waals surface area (Å²) in [6.45, 7) is 0. The molecule has 2 N–H and O–H groups in total. The second-order valence-electron chi connectivity index (χ2n) is 8.82. The van der Waals surface area contributed by atoms with Crippen LogP contribution in [0.4, 0.5) is 0 Å². The van der Waals surface area contributed by atoms with Crippen LogP contribution >= 0.6 is 22.9 Å². The predicted molar refractivity (Wildman–Crippen MR) is 148 cm³/mol. The number of halogens is 1. The maximum absolute atomic E-state index is 12.5. The molecule has 6 aromatic rings. The Kier molecular flexibility index (Phi) is 5.76. The molecule has 1 atom stereocenters. The highest BCUT2D eigenvalue weighted by atomic mass is 35.5. The summed E-state index contributed by atoms with van der Waals surface area (Å²) in [7, 11) is 1.84. The van der Waals surface area contributed by atoms with Gasteiger partial charge in [0, 0.05) is 40.0 Å². The largest absolute Gasteiger partial charge is 0.372 e. The zero-order valence-electron chi connectivity index (χ0n) is 19.7. The molecular weight excluding hydrogens is 504 g/mol. The van der Waals surface area contributed by atoms with Gasteiger partial charge in [0.2, 0.25) is 5.56 Å². The number of hydrogen-bond donors (Lipinski definition) is 2. The normalized spacial score (nSPS) is 13.1. The van der Waals surface area contributed by atoms with Gasteiger partial charge in [0.25, 0.3) is 0 Å². The van der Waals surface area contributed by atoms with Crippen molar-refractivity contribution in [1.82, 2.24) is 19.5 Å². The van der Waals surface area contributed by atoms with Crippen molar-refractivity contribution in [2.24, 2.45) is 7.05 Å². The predicted octanol–water partition coefficient (Wildman–Crippen LogP) is 5.99. The van der Waals surface area contributed by atoms with Crippen LogP contribution in [-0.2, 0) is 12.6 Å². The lowest BCUT2D eigenvalue weighted by molar-refractivity contribution is 0.117. The van der Waals surface area contributed by atoms with Gasteiger partial charge in [-0.3, -0.25) is 4.79 Å². The van der Waals surface area contributed by atoms with Gasteiger partial charge in [0.05, 0.1) is 23.9 Å². The Hall–Kier alpha value is -4.04. The molecule has 0 aliphatic carbocycles. The van der Waals surface area contributed by atoms with E-state index in [2.05, 4.69) is 9.97 Å². The van der Waals surface area contributed by atoms with Crippen LogP contribution in [0, 0.1) is 0 Å². The van der Waals surface area contributed by atoms with E-state index < -0.39 is 5.60 Å². The first-order valence-electron chi connectivity index (χ1n) is 11.6. The Balaban J connectivity index is 1.59. The van der Waals surface area contributed by atoms with Crippen LogP contribution in [0.1, 0.15) is 16.3 Å². The van der Waals surface area contributed by atoms with Crippen molar-refractivity contribution in [3.63, 3.8) is 0 Å². The van der Waals surface area contributed by atoms with Crippen molar-refractivity contribution < 1.29 is 5.11 Å². The number of imidazole rings is 1. The van der Waals surface area contributed by atoms with Crippen molar-refractivity contribution in [1.29, 1.82) is 0 Å². The molecule has 0 aliphatic rings. The molecule has 182 valence electrons. The van der Waals surface area contributed by atoms with Crippen molar-refractivity contribution in [3.05, 3.63) is 128 Å². The zero-order valence-corrected chi connectivity index (χ0v) is 21.3. The SMILES string of the molecule is Cn1cncc1C(O)(c1ccc2[nH]c(=O)cc(-c3cccc(Cl)c3)c2c1)c1nc(-c2ccccc2)cs1. The molecule has 0 spiro atoms. The van der Waals surface area contributed by atoms with E-state index in [9.17, 15) is 9.90 Å². The molecule has 3 aromatic heterocycles. The number of aromatic amines is 1. The molecule has 6 nitrogen and oxygen atoms in total. The fourth-order valence-electron chi connectivity index (χ4n) is 4.64. The van der Waals surface area contributed by atoms with Crippen LogP contribution in [0.15, 0.2) is 102 Å². The van der Waals surface area contributed by atoms with Crippen LogP contribution < -0.4 is 5.56 Å². The standard InChI is InChI=1S/C29H21ClN4O2S/c1-34-17-31-15-26(34)29(36,28-33-25(16-37-28)18-6-3-2-4-7-18)20-10-11-24-23(13-20)22(14-27(35)32-24)19-8-5-9-21(30)12-19/h2-17,36H,1H3,(H,32,35). The molecule has 0 saturated carbocycles. The quantitative estimate of drug-likeness (QED) is 0.290. The third-order valence-corrected chi connectivity index (χ3v) is 7.65. The fourth-order valence-corrected chi connectivity index (χ4v) is 5.79. The van der Waals surface area contributed by atoms with E-state index in [4.69, 9.17) is 16.6 Å². The number of benzene rings is 3. The van der Waals surface area contributed by atoms with E-state index in [-0.39, 0.29) is 5.56 Å². The smallest absolute Gasteiger partial charge is 0.249 e. The molecule has 8 heteroatoms. The van der Waals surface area contributed by atoms with E-state index in [1.807, 2.05) is 79.2 Å². The molecule has 0 bridgehead atoms. The van der Waals surface area contributed by atoms with Gasteiger partial charge >= 0.3 is 0 Å². The molecule has 3 heterocycles. The average Bonchev–Trinajstić information content (AvgIpc) is 3.58. The third-order valence-electron chi connectivity index (χ3n) is 6.47. The molecule has 3 aromatic carbocycles. The van der Waals surface area contributed by atoms with Crippen LogP contribution in [0.3, 0.4) is 0 Å². The van der Waals surface area contributed by atoms with E-state index in [0.717, 1.165) is 27.8 Å². The van der Waals surface area contributed by atoms with E-state index in [1.54, 1.807) is 29.2 Å². The van der Waals surface area contributed by atoms with Crippen LogP contribution in [-0.4, -0.2) is 24.6 Å². The molecule has 6 rings (SSSR count). The maximum atomic E-state index is 12.5. The number of hydrogen-bond acceptors (Lipinski definition) is 5. The first-order chi connectivity index (χ1) is 17.9. The Morgan fingerprint density at radius 3 is 2.57 bits per heavy atom. The number of aryl methyl sites for hydroxylation is 1. The molecule has 0 aliphatic heterocycles. The molecular formula is C29H21ClN4O2S. The number of H-pyrrole nitrogens is 1. The van der Waals surface area contributed by atoms with E-state index >= 15 is 0 Å². The number of aromatic nitrogens is 4. The van der Waals surface area contributed by atoms with Crippen LogP contribution in [0.2, 0.25) is 5.02 Å². The van der Waals surface area contributed by atoms with E-state index in [1.165, 1.54) is 11.3 Å². The molecule has 0 radical (unpaired) electrons. The van der Waals surface area contributed by atoms with Gasteiger partial charge in [-0.05, 0) is 41.0 Å². The Morgan fingerprint density at radius 2 is 1.81 bits per heavy atom. The van der Waals surface area contributed by atoms with Crippen LogP contribution in [0.25, 0.3) is 33.3 Å². The highest BCUT2D eigenvalue weighted by molar-refractivity contribution is 7.10. The van der Waals surface area contributed by atoms with Crippen molar-refractivity contribution in [2.45, 2.75) is 5.60 Å². The number of aliphatic hydroxyl groups is 1. The maximum Gasteiger partial charge on any atom is 0.249 e. The lowest BCUT2D eigenvalue weighted by atomic mass is 9.88. The van der Waals surface area contributed by atoms with Gasteiger partial charge in [-0.2, -0.15) is 0 Å². The highest BCUT2D eigenvalue weighted by Gasteiger charge is 2.40. The van der Waals surface area contributed by atoms with Crippen molar-refractivity contribution >= 4 is 33.8 Å². The molecule has 0 saturated heterocycles. The fraction of sp³-hybridized carbons (Fsp3) is 0.0690. The van der Waals surface area contributed by atoms with Crippen molar-refractivity contribution in [2.75, 3.05) is 0 Å². The zero-order chi connectivity index (χ0) is 25.6. The topological polar surface area (TPSA) is 83.8 Å². The van der Waals surface area contributed by atoms with Crippen LogP contribution in [0.5, 0.6) is 0 Å². The number of thiazole rings is 1. The lowest BCUT2D eigenvalue weighted by Gasteiger charge is -2.27. The number of nitrogens with zero attached hydrogens (tertiary/aromatic N) is 3. The number of nitrogens with one attached hydrogen (secondary N) is 1. The molecule has 37 heavy (non-hydrogen) atoms. The second-order valence-corrected chi connectivity index (χ2v) is 10.1. The Bertz CT molecular complexity index is 1810. The second kappa shape index (κ2) is 9.12. The summed E-state index contributed by atoms with van der Waals surface area (Å²) in [5, 5.41) is 16.3. The van der Waals surface area contributed by atoms with E-state index in [0.29, 0.717) is 26.8 Å². The van der Waals surface area contributed by atoms with Gasteiger partial charge in [0.15, 0.2) is 5.60 Å². The Morgan fingerprint density at radius 1 is 1.00 bits per heavy atom. The summed E-state index contributed by atoms with van der Waals surface area (Å²) >= 11 is 7.65. The first kappa shape index (κ1) is 23.4. The Labute approximate surface area is 221 Å². The minimum Gasteiger partial charge on any atom is -0.372 e.